The van der Waals surface area contributed by atoms with Gasteiger partial charge in [0.05, 0.1) is 35.5 Å². The van der Waals surface area contributed by atoms with Crippen LogP contribution in [0.5, 0.6) is 28.7 Å². The minimum absolute atomic E-state index is 0.202. The third-order valence-electron chi connectivity index (χ3n) is 4.66. The summed E-state index contributed by atoms with van der Waals surface area (Å²) in [6, 6.07) is 11.0. The van der Waals surface area contributed by atoms with E-state index in [-0.39, 0.29) is 5.78 Å². The normalized spacial score (nSPS) is 10.7. The van der Waals surface area contributed by atoms with Gasteiger partial charge in [-0.3, -0.25) is 4.79 Å². The number of carbonyl (C=O) groups excluding carboxylic acids is 1. The van der Waals surface area contributed by atoms with Crippen molar-refractivity contribution >= 4 is 23.2 Å². The van der Waals surface area contributed by atoms with Gasteiger partial charge in [-0.25, -0.2) is 0 Å². The van der Waals surface area contributed by atoms with Crippen molar-refractivity contribution in [2.45, 2.75) is 0 Å². The van der Waals surface area contributed by atoms with Crippen molar-refractivity contribution in [3.63, 3.8) is 0 Å². The zero-order chi connectivity index (χ0) is 22.4. The molecular formula is C24H24O6S. The van der Waals surface area contributed by atoms with Gasteiger partial charge in [-0.05, 0) is 47.4 Å². The van der Waals surface area contributed by atoms with Crippen molar-refractivity contribution in [2.75, 3.05) is 35.5 Å². The van der Waals surface area contributed by atoms with E-state index >= 15 is 0 Å². The Labute approximate surface area is 185 Å². The third kappa shape index (κ3) is 4.67. The summed E-state index contributed by atoms with van der Waals surface area (Å²) >= 11 is 1.60. The Kier molecular flexibility index (Phi) is 7.20. The highest BCUT2D eigenvalue weighted by molar-refractivity contribution is 7.13. The van der Waals surface area contributed by atoms with Gasteiger partial charge in [-0.15, -0.1) is 11.3 Å². The van der Waals surface area contributed by atoms with Crippen molar-refractivity contribution < 1.29 is 28.5 Å². The number of allylic oxidation sites excluding steroid dienone is 1. The Morgan fingerprint density at radius 1 is 0.806 bits per heavy atom. The molecule has 0 fully saturated rings. The molecule has 31 heavy (non-hydrogen) atoms. The highest BCUT2D eigenvalue weighted by atomic mass is 32.1. The Morgan fingerprint density at radius 3 is 1.94 bits per heavy atom. The molecule has 1 aromatic heterocycles. The third-order valence-corrected chi connectivity index (χ3v) is 5.57. The maximum absolute atomic E-state index is 12.9. The first-order valence-corrected chi connectivity index (χ1v) is 10.3. The molecule has 1 heterocycles. The Bertz CT molecular complexity index is 1060. The van der Waals surface area contributed by atoms with E-state index in [9.17, 15) is 4.79 Å². The zero-order valence-corrected chi connectivity index (χ0v) is 18.9. The molecule has 0 aliphatic rings. The second kappa shape index (κ2) is 10.0. The average Bonchev–Trinajstić information content (AvgIpc) is 3.35. The molecule has 6 nitrogen and oxygen atoms in total. The first-order chi connectivity index (χ1) is 15.1. The van der Waals surface area contributed by atoms with E-state index in [1.54, 1.807) is 43.8 Å². The quantitative estimate of drug-likeness (QED) is 0.330. The number of ketones is 1. The van der Waals surface area contributed by atoms with Crippen LogP contribution in [0.4, 0.5) is 0 Å². The second-order valence-electron chi connectivity index (χ2n) is 6.39. The molecule has 0 bridgehead atoms. The van der Waals surface area contributed by atoms with Crippen LogP contribution in [0.25, 0.3) is 16.5 Å². The number of hydrogen-bond donors (Lipinski definition) is 0. The fourth-order valence-electron chi connectivity index (χ4n) is 3.19. The van der Waals surface area contributed by atoms with Crippen LogP contribution >= 0.6 is 11.3 Å². The molecule has 162 valence electrons. The largest absolute Gasteiger partial charge is 0.493 e. The molecule has 2 aromatic carbocycles. The highest BCUT2D eigenvalue weighted by Gasteiger charge is 2.17. The molecule has 3 rings (SSSR count). The van der Waals surface area contributed by atoms with Crippen LogP contribution in [0.15, 0.2) is 47.9 Å². The minimum atomic E-state index is -0.202. The lowest BCUT2D eigenvalue weighted by atomic mass is 10.0. The fraction of sp³-hybridized carbons (Fsp3) is 0.208. The molecule has 0 unspecified atom stereocenters. The second-order valence-corrected chi connectivity index (χ2v) is 7.34. The molecule has 0 saturated heterocycles. The van der Waals surface area contributed by atoms with Gasteiger partial charge in [0.15, 0.2) is 28.8 Å². The summed E-state index contributed by atoms with van der Waals surface area (Å²) in [5, 5.41) is 2.00. The number of rotatable bonds is 9. The minimum Gasteiger partial charge on any atom is -0.493 e. The molecule has 0 aliphatic heterocycles. The smallest absolute Gasteiger partial charge is 0.203 e. The van der Waals surface area contributed by atoms with Crippen LogP contribution in [0.2, 0.25) is 0 Å². The van der Waals surface area contributed by atoms with Crippen molar-refractivity contribution in [3.8, 4) is 39.2 Å². The Hall–Kier alpha value is -3.45. The fourth-order valence-corrected chi connectivity index (χ4v) is 3.93. The van der Waals surface area contributed by atoms with E-state index < -0.39 is 0 Å². The lowest BCUT2D eigenvalue weighted by Gasteiger charge is -2.13. The van der Waals surface area contributed by atoms with Crippen LogP contribution in [0.1, 0.15) is 15.9 Å². The summed E-state index contributed by atoms with van der Waals surface area (Å²) in [7, 11) is 7.74. The predicted molar refractivity (Wildman–Crippen MR) is 122 cm³/mol. The van der Waals surface area contributed by atoms with Crippen molar-refractivity contribution in [1.29, 1.82) is 0 Å². The van der Waals surface area contributed by atoms with Crippen molar-refractivity contribution in [1.82, 2.24) is 0 Å². The topological polar surface area (TPSA) is 63.2 Å². The van der Waals surface area contributed by atoms with Gasteiger partial charge in [0.2, 0.25) is 5.75 Å². The monoisotopic (exact) mass is 440 g/mol. The van der Waals surface area contributed by atoms with Gasteiger partial charge in [0.25, 0.3) is 0 Å². The predicted octanol–water partition coefficient (Wildman–Crippen LogP) is 5.35. The number of ether oxygens (including phenoxy) is 5. The van der Waals surface area contributed by atoms with Gasteiger partial charge in [-0.1, -0.05) is 12.1 Å². The Balaban J connectivity index is 1.98. The maximum Gasteiger partial charge on any atom is 0.203 e. The molecular weight excluding hydrogens is 416 g/mol. The SMILES string of the molecule is COc1cc(C(=O)/C=C/c2cc(OC)c(OC)c(-c3cccs3)c2)cc(OC)c1OC. The van der Waals surface area contributed by atoms with Crippen molar-refractivity contribution in [2.24, 2.45) is 0 Å². The van der Waals surface area contributed by atoms with Crippen LogP contribution in [-0.2, 0) is 0 Å². The van der Waals surface area contributed by atoms with E-state index in [0.717, 1.165) is 16.0 Å². The number of benzene rings is 2. The molecule has 7 heteroatoms. The molecule has 0 radical (unpaired) electrons. The van der Waals surface area contributed by atoms with E-state index in [1.807, 2.05) is 29.6 Å². The number of methoxy groups -OCH3 is 5. The van der Waals surface area contributed by atoms with Gasteiger partial charge in [0.1, 0.15) is 0 Å². The maximum atomic E-state index is 12.9. The summed E-state index contributed by atoms with van der Waals surface area (Å²) in [5.41, 5.74) is 2.13. The number of carbonyl (C=O) groups is 1. The first-order valence-electron chi connectivity index (χ1n) is 9.38. The highest BCUT2D eigenvalue weighted by Crippen LogP contribution is 2.41. The molecule has 0 N–H and O–H groups in total. The molecule has 0 spiro atoms. The lowest BCUT2D eigenvalue weighted by molar-refractivity contribution is 0.104. The van der Waals surface area contributed by atoms with E-state index in [4.69, 9.17) is 23.7 Å². The van der Waals surface area contributed by atoms with Crippen LogP contribution in [0, 0.1) is 0 Å². The van der Waals surface area contributed by atoms with E-state index in [2.05, 4.69) is 0 Å². The summed E-state index contributed by atoms with van der Waals surface area (Å²) in [4.78, 5) is 13.9. The summed E-state index contributed by atoms with van der Waals surface area (Å²) < 4.78 is 27.1. The van der Waals surface area contributed by atoms with Gasteiger partial charge in [-0.2, -0.15) is 0 Å². The van der Waals surface area contributed by atoms with Crippen LogP contribution in [0.3, 0.4) is 0 Å². The molecule has 0 saturated carbocycles. The van der Waals surface area contributed by atoms with Gasteiger partial charge < -0.3 is 23.7 Å². The molecule has 0 amide bonds. The van der Waals surface area contributed by atoms with E-state index in [1.165, 1.54) is 27.4 Å². The first kappa shape index (κ1) is 22.2. The molecule has 3 aromatic rings. The number of hydrogen-bond acceptors (Lipinski definition) is 7. The van der Waals surface area contributed by atoms with Gasteiger partial charge in [0, 0.05) is 16.0 Å². The van der Waals surface area contributed by atoms with Crippen LogP contribution in [-0.4, -0.2) is 41.3 Å². The standard InChI is InChI=1S/C24H24O6S/c1-26-19-12-15(11-17(23(19)29-4)22-7-6-10-31-22)8-9-18(25)16-13-20(27-2)24(30-5)21(14-16)28-3/h6-14H,1-5H3/b9-8+. The number of thiophene rings is 1. The zero-order valence-electron chi connectivity index (χ0n) is 18.1. The van der Waals surface area contributed by atoms with E-state index in [0.29, 0.717) is 34.3 Å². The van der Waals surface area contributed by atoms with Gasteiger partial charge >= 0.3 is 0 Å². The lowest BCUT2D eigenvalue weighted by Crippen LogP contribution is -2.00. The molecule has 0 aliphatic carbocycles. The summed E-state index contributed by atoms with van der Waals surface area (Å²) in [6.45, 7) is 0. The summed E-state index contributed by atoms with van der Waals surface area (Å²) in [6.07, 6.45) is 3.24. The summed E-state index contributed by atoms with van der Waals surface area (Å²) in [5.74, 6) is 2.32. The average molecular weight is 441 g/mol. The van der Waals surface area contributed by atoms with Crippen molar-refractivity contribution in [3.05, 3.63) is 59.0 Å². The van der Waals surface area contributed by atoms with Crippen LogP contribution < -0.4 is 23.7 Å². The molecule has 0 atom stereocenters. The Morgan fingerprint density at radius 2 is 1.42 bits per heavy atom.